The normalized spacial score (nSPS) is 12.1. The summed E-state index contributed by atoms with van der Waals surface area (Å²) in [5, 5.41) is 0. The van der Waals surface area contributed by atoms with Crippen LogP contribution in [-0.4, -0.2) is 6.79 Å². The lowest BCUT2D eigenvalue weighted by atomic mass is 10.0. The lowest BCUT2D eigenvalue weighted by molar-refractivity contribution is 0.00436. The Balaban J connectivity index is 1.85. The minimum Gasteiger partial charge on any atom is -0.467 e. The highest BCUT2D eigenvalue weighted by Gasteiger charge is 2.09. The predicted octanol–water partition coefficient (Wildman–Crippen LogP) is 3.65. The molecule has 0 amide bonds. The van der Waals surface area contributed by atoms with Gasteiger partial charge < -0.3 is 15.2 Å². The molecule has 20 heavy (non-hydrogen) atoms. The van der Waals surface area contributed by atoms with Gasteiger partial charge in [0, 0.05) is 11.6 Å². The van der Waals surface area contributed by atoms with Gasteiger partial charge in [0.05, 0.1) is 6.61 Å². The van der Waals surface area contributed by atoms with Crippen molar-refractivity contribution >= 4 is 0 Å². The molecule has 0 aromatic heterocycles. The van der Waals surface area contributed by atoms with E-state index in [1.807, 2.05) is 54.6 Å². The van der Waals surface area contributed by atoms with Crippen LogP contribution in [0.1, 0.15) is 30.5 Å². The Bertz CT molecular complexity index is 513. The molecule has 2 aromatic rings. The van der Waals surface area contributed by atoms with Crippen molar-refractivity contribution in [1.82, 2.24) is 0 Å². The molecule has 0 saturated carbocycles. The third-order valence-electron chi connectivity index (χ3n) is 3.17. The van der Waals surface area contributed by atoms with Gasteiger partial charge in [-0.15, -0.1) is 0 Å². The molecule has 0 spiro atoms. The lowest BCUT2D eigenvalue weighted by Gasteiger charge is -2.15. The SMILES string of the molecule is CC[C@H](N)c1ccccc1OCOCc1ccccc1. The third-order valence-corrected chi connectivity index (χ3v) is 3.17. The van der Waals surface area contributed by atoms with Crippen LogP contribution in [0.4, 0.5) is 0 Å². The minimum atomic E-state index is 0.000299. The van der Waals surface area contributed by atoms with Gasteiger partial charge in [0.2, 0.25) is 0 Å². The summed E-state index contributed by atoms with van der Waals surface area (Å²) in [5.74, 6) is 0.801. The van der Waals surface area contributed by atoms with Gasteiger partial charge in [0.1, 0.15) is 5.75 Å². The molecule has 106 valence electrons. The average molecular weight is 271 g/mol. The minimum absolute atomic E-state index is 0.000299. The number of ether oxygens (including phenoxy) is 2. The lowest BCUT2D eigenvalue weighted by Crippen LogP contribution is -2.12. The molecule has 3 heteroatoms. The van der Waals surface area contributed by atoms with Crippen LogP contribution < -0.4 is 10.5 Å². The van der Waals surface area contributed by atoms with Crippen LogP contribution in [0.25, 0.3) is 0 Å². The maximum atomic E-state index is 6.07. The van der Waals surface area contributed by atoms with Crippen LogP contribution in [0.15, 0.2) is 54.6 Å². The molecule has 0 aliphatic carbocycles. The van der Waals surface area contributed by atoms with Crippen molar-refractivity contribution in [2.24, 2.45) is 5.73 Å². The molecule has 0 heterocycles. The molecular weight excluding hydrogens is 250 g/mol. The van der Waals surface area contributed by atoms with E-state index in [-0.39, 0.29) is 12.8 Å². The van der Waals surface area contributed by atoms with Crippen LogP contribution in [0.3, 0.4) is 0 Å². The molecule has 0 saturated heterocycles. The van der Waals surface area contributed by atoms with Crippen LogP contribution in [0.2, 0.25) is 0 Å². The maximum Gasteiger partial charge on any atom is 0.189 e. The number of hydrogen-bond donors (Lipinski definition) is 1. The molecule has 0 fully saturated rings. The van der Waals surface area contributed by atoms with E-state index in [1.54, 1.807) is 0 Å². The summed E-state index contributed by atoms with van der Waals surface area (Å²) in [7, 11) is 0. The summed E-state index contributed by atoms with van der Waals surface area (Å²) in [4.78, 5) is 0. The van der Waals surface area contributed by atoms with E-state index in [0.717, 1.165) is 23.3 Å². The number of benzene rings is 2. The second-order valence-electron chi connectivity index (χ2n) is 4.65. The van der Waals surface area contributed by atoms with Crippen molar-refractivity contribution in [3.05, 3.63) is 65.7 Å². The van der Waals surface area contributed by atoms with Gasteiger partial charge >= 0.3 is 0 Å². The monoisotopic (exact) mass is 271 g/mol. The largest absolute Gasteiger partial charge is 0.467 e. The fourth-order valence-corrected chi connectivity index (χ4v) is 1.98. The van der Waals surface area contributed by atoms with Gasteiger partial charge in [-0.25, -0.2) is 0 Å². The molecule has 0 bridgehead atoms. The Morgan fingerprint density at radius 1 is 1.00 bits per heavy atom. The summed E-state index contributed by atoms with van der Waals surface area (Å²) in [6, 6.07) is 17.9. The van der Waals surface area contributed by atoms with Crippen molar-refractivity contribution < 1.29 is 9.47 Å². The van der Waals surface area contributed by atoms with Gasteiger partial charge in [-0.2, -0.15) is 0 Å². The van der Waals surface area contributed by atoms with E-state index >= 15 is 0 Å². The van der Waals surface area contributed by atoms with E-state index in [0.29, 0.717) is 6.61 Å². The van der Waals surface area contributed by atoms with Crippen molar-refractivity contribution in [3.8, 4) is 5.75 Å². The highest BCUT2D eigenvalue weighted by molar-refractivity contribution is 5.35. The molecule has 0 radical (unpaired) electrons. The first kappa shape index (κ1) is 14.6. The topological polar surface area (TPSA) is 44.5 Å². The molecule has 3 nitrogen and oxygen atoms in total. The van der Waals surface area contributed by atoms with Crippen molar-refractivity contribution in [1.29, 1.82) is 0 Å². The Hall–Kier alpha value is -1.84. The summed E-state index contributed by atoms with van der Waals surface area (Å²) in [6.07, 6.45) is 0.880. The number of hydrogen-bond acceptors (Lipinski definition) is 3. The van der Waals surface area contributed by atoms with Crippen LogP contribution >= 0.6 is 0 Å². The molecule has 0 unspecified atom stereocenters. The first-order valence-corrected chi connectivity index (χ1v) is 6.90. The standard InChI is InChI=1S/C17H21NO2/c1-2-16(18)15-10-6-7-11-17(15)20-13-19-12-14-8-4-3-5-9-14/h3-11,16H,2,12-13,18H2,1H3/t16-/m0/s1. The summed E-state index contributed by atoms with van der Waals surface area (Å²) in [6.45, 7) is 2.83. The number of rotatable bonds is 7. The summed E-state index contributed by atoms with van der Waals surface area (Å²) in [5.41, 5.74) is 8.23. The average Bonchev–Trinajstić information content (AvgIpc) is 2.52. The van der Waals surface area contributed by atoms with Crippen LogP contribution in [0, 0.1) is 0 Å². The second kappa shape index (κ2) is 7.68. The Morgan fingerprint density at radius 2 is 1.70 bits per heavy atom. The zero-order valence-corrected chi connectivity index (χ0v) is 11.8. The first-order chi connectivity index (χ1) is 9.81. The smallest absolute Gasteiger partial charge is 0.189 e. The Morgan fingerprint density at radius 3 is 2.45 bits per heavy atom. The van der Waals surface area contributed by atoms with Gasteiger partial charge in [-0.05, 0) is 18.1 Å². The first-order valence-electron chi connectivity index (χ1n) is 6.90. The maximum absolute atomic E-state index is 6.07. The van der Waals surface area contributed by atoms with Crippen molar-refractivity contribution in [2.75, 3.05) is 6.79 Å². The fourth-order valence-electron chi connectivity index (χ4n) is 1.98. The molecular formula is C17H21NO2. The van der Waals surface area contributed by atoms with E-state index in [9.17, 15) is 0 Å². The summed E-state index contributed by atoms with van der Waals surface area (Å²) < 4.78 is 11.2. The van der Waals surface area contributed by atoms with Gasteiger partial charge in [0.25, 0.3) is 0 Å². The van der Waals surface area contributed by atoms with E-state index in [2.05, 4.69) is 6.92 Å². The quantitative estimate of drug-likeness (QED) is 0.617. The van der Waals surface area contributed by atoms with Gasteiger partial charge in [-0.3, -0.25) is 0 Å². The van der Waals surface area contributed by atoms with Crippen molar-refractivity contribution in [3.63, 3.8) is 0 Å². The predicted molar refractivity (Wildman–Crippen MR) is 80.4 cm³/mol. The molecule has 0 aliphatic rings. The molecule has 1 atom stereocenters. The zero-order valence-electron chi connectivity index (χ0n) is 11.8. The van der Waals surface area contributed by atoms with Crippen molar-refractivity contribution in [2.45, 2.75) is 26.0 Å². The van der Waals surface area contributed by atoms with Gasteiger partial charge in [0.15, 0.2) is 6.79 Å². The fraction of sp³-hybridized carbons (Fsp3) is 0.294. The van der Waals surface area contributed by atoms with Gasteiger partial charge in [-0.1, -0.05) is 55.5 Å². The number of para-hydroxylation sites is 1. The Kier molecular flexibility index (Phi) is 5.59. The zero-order chi connectivity index (χ0) is 14.2. The molecule has 2 rings (SSSR count). The van der Waals surface area contributed by atoms with Crippen LogP contribution in [-0.2, 0) is 11.3 Å². The second-order valence-corrected chi connectivity index (χ2v) is 4.65. The van der Waals surface area contributed by atoms with E-state index in [1.165, 1.54) is 0 Å². The Labute approximate surface area is 120 Å². The number of nitrogens with two attached hydrogens (primary N) is 1. The van der Waals surface area contributed by atoms with E-state index in [4.69, 9.17) is 15.2 Å². The van der Waals surface area contributed by atoms with E-state index < -0.39 is 0 Å². The highest BCUT2D eigenvalue weighted by atomic mass is 16.7. The highest BCUT2D eigenvalue weighted by Crippen LogP contribution is 2.25. The molecule has 0 aliphatic heterocycles. The molecule has 2 aromatic carbocycles. The summed E-state index contributed by atoms with van der Waals surface area (Å²) >= 11 is 0. The molecule has 2 N–H and O–H groups in total. The van der Waals surface area contributed by atoms with Crippen LogP contribution in [0.5, 0.6) is 5.75 Å². The third kappa shape index (κ3) is 4.08.